The maximum atomic E-state index is 13.3. The molecule has 0 unspecified atom stereocenters. The van der Waals surface area contributed by atoms with E-state index in [-0.39, 0.29) is 37.7 Å². The minimum absolute atomic E-state index is 0.0181. The van der Waals surface area contributed by atoms with E-state index in [1.54, 1.807) is 24.3 Å². The zero-order valence-corrected chi connectivity index (χ0v) is 18.6. The van der Waals surface area contributed by atoms with Crippen LogP contribution in [0, 0.1) is 0 Å². The van der Waals surface area contributed by atoms with Gasteiger partial charge in [0.1, 0.15) is 24.7 Å². The predicted octanol–water partition coefficient (Wildman–Crippen LogP) is 2.90. The summed E-state index contributed by atoms with van der Waals surface area (Å²) in [6.07, 6.45) is -4.49. The van der Waals surface area contributed by atoms with Gasteiger partial charge in [0.15, 0.2) is 5.54 Å². The van der Waals surface area contributed by atoms with Crippen LogP contribution in [0.2, 0.25) is 0 Å². The van der Waals surface area contributed by atoms with Crippen LogP contribution < -0.4 is 20.1 Å². The summed E-state index contributed by atoms with van der Waals surface area (Å²) in [7, 11) is 1.43. The van der Waals surface area contributed by atoms with Crippen molar-refractivity contribution >= 4 is 23.5 Å². The second-order valence-corrected chi connectivity index (χ2v) is 7.92. The van der Waals surface area contributed by atoms with Gasteiger partial charge in [0.25, 0.3) is 5.91 Å². The van der Waals surface area contributed by atoms with Crippen LogP contribution in [0.3, 0.4) is 0 Å². The largest absolute Gasteiger partial charge is 0.493 e. The van der Waals surface area contributed by atoms with Gasteiger partial charge >= 0.3 is 12.2 Å². The van der Waals surface area contributed by atoms with Gasteiger partial charge in [-0.2, -0.15) is 13.2 Å². The molecule has 1 fully saturated rings. The summed E-state index contributed by atoms with van der Waals surface area (Å²) in [6, 6.07) is 8.59. The van der Waals surface area contributed by atoms with E-state index in [1.165, 1.54) is 7.11 Å². The number of rotatable bonds is 7. The number of halogens is 3. The van der Waals surface area contributed by atoms with Gasteiger partial charge in [-0.25, -0.2) is 4.79 Å². The van der Waals surface area contributed by atoms with Crippen molar-refractivity contribution in [1.82, 2.24) is 10.2 Å². The lowest BCUT2D eigenvalue weighted by Gasteiger charge is -2.33. The number of para-hydroxylation sites is 1. The van der Waals surface area contributed by atoms with E-state index in [1.807, 2.05) is 0 Å². The third-order valence-electron chi connectivity index (χ3n) is 5.68. The number of imide groups is 1. The fraction of sp³-hybridized carbons (Fsp3) is 0.348. The number of nitrogens with one attached hydrogen (secondary N) is 2. The predicted molar refractivity (Wildman–Crippen MR) is 116 cm³/mol. The van der Waals surface area contributed by atoms with E-state index in [4.69, 9.17) is 14.2 Å². The average molecular weight is 493 g/mol. The standard InChI is InChI=1S/C23H22F3N3O6/c1-33-10-11-35-18-7-6-14(23(24,25)26)12-16(18)27-19(30)13-29-20(31)22(28-21(29)32)8-9-34-17-5-3-2-4-15(17)22/h2-7,12H,8-11,13H2,1H3,(H,27,30)(H,28,32)/t22-/m0/s1. The maximum Gasteiger partial charge on any atom is 0.416 e. The molecule has 2 aromatic carbocycles. The number of benzene rings is 2. The van der Waals surface area contributed by atoms with Crippen LogP contribution in [-0.2, 0) is 26.0 Å². The van der Waals surface area contributed by atoms with Gasteiger partial charge < -0.3 is 24.8 Å². The molecule has 4 rings (SSSR count). The second-order valence-electron chi connectivity index (χ2n) is 7.92. The Kier molecular flexibility index (Phi) is 6.57. The zero-order valence-electron chi connectivity index (χ0n) is 18.6. The first-order chi connectivity index (χ1) is 16.7. The molecule has 0 saturated carbocycles. The smallest absolute Gasteiger partial charge is 0.416 e. The Morgan fingerprint density at radius 3 is 2.71 bits per heavy atom. The summed E-state index contributed by atoms with van der Waals surface area (Å²) < 4.78 is 55.5. The van der Waals surface area contributed by atoms with Crippen molar-refractivity contribution in [1.29, 1.82) is 0 Å². The maximum absolute atomic E-state index is 13.3. The number of ether oxygens (including phenoxy) is 3. The van der Waals surface area contributed by atoms with Crippen LogP contribution in [0.15, 0.2) is 42.5 Å². The van der Waals surface area contributed by atoms with Crippen LogP contribution in [0.5, 0.6) is 11.5 Å². The number of fused-ring (bicyclic) bond motifs is 2. The Morgan fingerprint density at radius 2 is 1.97 bits per heavy atom. The van der Waals surface area contributed by atoms with E-state index >= 15 is 0 Å². The van der Waals surface area contributed by atoms with E-state index in [2.05, 4.69) is 10.6 Å². The first kappa shape index (κ1) is 24.3. The zero-order chi connectivity index (χ0) is 25.2. The first-order valence-electron chi connectivity index (χ1n) is 10.6. The van der Waals surface area contributed by atoms with Crippen LogP contribution in [0.4, 0.5) is 23.7 Å². The van der Waals surface area contributed by atoms with E-state index < -0.39 is 41.7 Å². The van der Waals surface area contributed by atoms with E-state index in [9.17, 15) is 27.6 Å². The van der Waals surface area contributed by atoms with Gasteiger partial charge in [-0.1, -0.05) is 18.2 Å². The average Bonchev–Trinajstić information content (AvgIpc) is 3.04. The van der Waals surface area contributed by atoms with Crippen LogP contribution in [-0.4, -0.2) is 56.2 Å². The Balaban J connectivity index is 1.54. The molecule has 186 valence electrons. The number of amides is 4. The third kappa shape index (κ3) is 4.74. The number of anilines is 1. The van der Waals surface area contributed by atoms with Crippen LogP contribution in [0.25, 0.3) is 0 Å². The van der Waals surface area contributed by atoms with E-state index in [0.717, 1.165) is 23.1 Å². The van der Waals surface area contributed by atoms with Crippen molar-refractivity contribution in [2.75, 3.05) is 38.8 Å². The molecule has 35 heavy (non-hydrogen) atoms. The summed E-state index contributed by atoms with van der Waals surface area (Å²) in [6.45, 7) is -0.329. The molecule has 1 saturated heterocycles. The summed E-state index contributed by atoms with van der Waals surface area (Å²) in [5.41, 5.74) is -2.16. The normalized spacial score (nSPS) is 19.3. The van der Waals surface area contributed by atoms with Crippen molar-refractivity contribution in [2.45, 2.75) is 18.1 Å². The van der Waals surface area contributed by atoms with Crippen molar-refractivity contribution in [2.24, 2.45) is 0 Å². The fourth-order valence-corrected chi connectivity index (χ4v) is 4.01. The summed E-state index contributed by atoms with van der Waals surface area (Å²) >= 11 is 0. The first-order valence-corrected chi connectivity index (χ1v) is 10.6. The second kappa shape index (κ2) is 9.45. The Labute approximate surface area is 198 Å². The van der Waals surface area contributed by atoms with Crippen molar-refractivity contribution in [3.05, 3.63) is 53.6 Å². The van der Waals surface area contributed by atoms with Gasteiger partial charge in [0, 0.05) is 19.1 Å². The minimum atomic E-state index is -4.65. The molecular formula is C23H22F3N3O6. The van der Waals surface area contributed by atoms with Gasteiger partial charge in [-0.05, 0) is 24.3 Å². The van der Waals surface area contributed by atoms with Crippen LogP contribution >= 0.6 is 0 Å². The van der Waals surface area contributed by atoms with Gasteiger partial charge in [0.2, 0.25) is 5.91 Å². The number of hydrogen-bond acceptors (Lipinski definition) is 6. The molecule has 2 aliphatic rings. The number of carbonyl (C=O) groups is 3. The van der Waals surface area contributed by atoms with Gasteiger partial charge in [0.05, 0.1) is 24.5 Å². The van der Waals surface area contributed by atoms with E-state index in [0.29, 0.717) is 11.3 Å². The quantitative estimate of drug-likeness (QED) is 0.454. The molecule has 0 radical (unpaired) electrons. The highest BCUT2D eigenvalue weighted by Crippen LogP contribution is 2.41. The molecule has 2 aliphatic heterocycles. The molecule has 2 aromatic rings. The number of methoxy groups -OCH3 is 1. The molecule has 0 aliphatic carbocycles. The van der Waals surface area contributed by atoms with Gasteiger partial charge in [-0.3, -0.25) is 14.5 Å². The molecule has 0 bridgehead atoms. The monoisotopic (exact) mass is 493 g/mol. The van der Waals surface area contributed by atoms with Crippen LogP contribution in [0.1, 0.15) is 17.5 Å². The van der Waals surface area contributed by atoms with Crippen molar-refractivity contribution in [3.63, 3.8) is 0 Å². The van der Waals surface area contributed by atoms with Crippen molar-refractivity contribution < 1.29 is 41.8 Å². The molecule has 0 aromatic heterocycles. The minimum Gasteiger partial charge on any atom is -0.493 e. The summed E-state index contributed by atoms with van der Waals surface area (Å²) in [5, 5.41) is 4.98. The lowest BCUT2D eigenvalue weighted by Crippen LogP contribution is -2.48. The summed E-state index contributed by atoms with van der Waals surface area (Å²) in [5.74, 6) is -1.09. The molecule has 2 heterocycles. The third-order valence-corrected chi connectivity index (χ3v) is 5.68. The molecule has 1 spiro atoms. The SMILES string of the molecule is COCCOc1ccc(C(F)(F)F)cc1NC(=O)CN1C(=O)N[C@]2(CCOc3ccccc32)C1=O. The lowest BCUT2D eigenvalue weighted by molar-refractivity contribution is -0.137. The highest BCUT2D eigenvalue weighted by atomic mass is 19.4. The molecular weight excluding hydrogens is 471 g/mol. The number of carbonyl (C=O) groups excluding carboxylic acids is 3. The molecule has 9 nitrogen and oxygen atoms in total. The molecule has 4 amide bonds. The molecule has 2 N–H and O–H groups in total. The summed E-state index contributed by atoms with van der Waals surface area (Å²) in [4.78, 5) is 39.4. The fourth-order valence-electron chi connectivity index (χ4n) is 4.01. The Hall–Kier alpha value is -3.80. The number of hydrogen-bond donors (Lipinski definition) is 2. The number of urea groups is 1. The number of alkyl halides is 3. The van der Waals surface area contributed by atoms with Crippen molar-refractivity contribution in [3.8, 4) is 11.5 Å². The topological polar surface area (TPSA) is 106 Å². The number of nitrogens with zero attached hydrogens (tertiary/aromatic N) is 1. The highest BCUT2D eigenvalue weighted by molar-refractivity contribution is 6.11. The molecule has 1 atom stereocenters. The lowest BCUT2D eigenvalue weighted by atomic mass is 9.84. The molecule has 12 heteroatoms. The van der Waals surface area contributed by atoms with Gasteiger partial charge in [-0.15, -0.1) is 0 Å². The Bertz CT molecular complexity index is 1160. The Morgan fingerprint density at radius 1 is 1.20 bits per heavy atom. The highest BCUT2D eigenvalue weighted by Gasteiger charge is 2.55.